The summed E-state index contributed by atoms with van der Waals surface area (Å²) in [5.41, 5.74) is 3.10. The number of thioether (sulfide) groups is 1. The number of methoxy groups -OCH3 is 1. The molecule has 0 spiro atoms. The van der Waals surface area contributed by atoms with E-state index >= 15 is 0 Å². The summed E-state index contributed by atoms with van der Waals surface area (Å²) in [4.78, 5) is 33.7. The number of aromatic nitrogens is 1. The molecule has 0 N–H and O–H groups in total. The van der Waals surface area contributed by atoms with E-state index in [1.165, 1.54) is 11.3 Å². The van der Waals surface area contributed by atoms with Crippen LogP contribution in [0.1, 0.15) is 43.5 Å². The fourth-order valence-electron chi connectivity index (χ4n) is 4.81. The average Bonchev–Trinajstić information content (AvgIpc) is 3.29. The molecule has 44 heavy (non-hydrogen) atoms. The molecular weight excluding hydrogens is 684 g/mol. The summed E-state index contributed by atoms with van der Waals surface area (Å²) in [5, 5.41) is 0.656. The third kappa shape index (κ3) is 6.83. The molecule has 0 unspecified atom stereocenters. The second-order valence-electron chi connectivity index (χ2n) is 10.3. The molecule has 2 heterocycles. The molecule has 1 atom stereocenters. The highest BCUT2D eigenvalue weighted by atomic mass is 79.9. The molecule has 4 aromatic rings. The van der Waals surface area contributed by atoms with Crippen LogP contribution in [0, 0.1) is 0 Å². The van der Waals surface area contributed by atoms with Crippen LogP contribution in [0.25, 0.3) is 6.08 Å². The molecule has 1 aliphatic rings. The molecule has 0 saturated carbocycles. The standard InChI is InChI=1S/C33H30BrClN2O5S2/c1-18(2)42-32(39)28-19(3)36-33-37(29(28)22-8-12-24(43-5)13-9-22)31(38)27(44-33)16-21-14-25(34)30(26(15-21)40-4)41-17-20-6-10-23(35)11-7-20/h6-16,18,29H,17H2,1-5H3/b27-16-/t29-/m1/s1. The zero-order valence-corrected chi connectivity index (χ0v) is 28.7. The number of benzene rings is 3. The van der Waals surface area contributed by atoms with Crippen molar-refractivity contribution in [2.45, 2.75) is 44.4 Å². The van der Waals surface area contributed by atoms with Gasteiger partial charge in [0.2, 0.25) is 0 Å². The van der Waals surface area contributed by atoms with Gasteiger partial charge in [-0.1, -0.05) is 47.2 Å². The smallest absolute Gasteiger partial charge is 0.338 e. The van der Waals surface area contributed by atoms with E-state index in [1.807, 2.05) is 66.9 Å². The van der Waals surface area contributed by atoms with Crippen LogP contribution >= 0.6 is 50.6 Å². The van der Waals surface area contributed by atoms with Crippen molar-refractivity contribution in [3.8, 4) is 11.5 Å². The maximum Gasteiger partial charge on any atom is 0.338 e. The van der Waals surface area contributed by atoms with Crippen LogP contribution in [0.4, 0.5) is 0 Å². The summed E-state index contributed by atoms with van der Waals surface area (Å²) < 4.78 is 20.0. The first-order valence-electron chi connectivity index (χ1n) is 13.7. The van der Waals surface area contributed by atoms with Crippen molar-refractivity contribution in [3.63, 3.8) is 0 Å². The summed E-state index contributed by atoms with van der Waals surface area (Å²) in [5.74, 6) is 0.560. The molecule has 0 radical (unpaired) electrons. The second kappa shape index (κ2) is 13.8. The highest BCUT2D eigenvalue weighted by Crippen LogP contribution is 2.38. The minimum atomic E-state index is -0.680. The summed E-state index contributed by atoms with van der Waals surface area (Å²) >= 11 is 12.5. The van der Waals surface area contributed by atoms with Crippen LogP contribution in [0.5, 0.6) is 11.5 Å². The number of carbonyl (C=O) groups excluding carboxylic acids is 1. The Morgan fingerprint density at radius 2 is 1.86 bits per heavy atom. The number of nitrogens with zero attached hydrogens (tertiary/aromatic N) is 2. The Balaban J connectivity index is 1.57. The Labute approximate surface area is 277 Å². The van der Waals surface area contributed by atoms with Crippen LogP contribution in [0.3, 0.4) is 0 Å². The van der Waals surface area contributed by atoms with Gasteiger partial charge in [0.25, 0.3) is 5.56 Å². The minimum absolute atomic E-state index is 0.256. The molecule has 11 heteroatoms. The van der Waals surface area contributed by atoms with Crippen molar-refractivity contribution in [1.29, 1.82) is 0 Å². The van der Waals surface area contributed by atoms with Crippen LogP contribution in [-0.2, 0) is 16.1 Å². The van der Waals surface area contributed by atoms with Crippen LogP contribution in [0.2, 0.25) is 5.02 Å². The number of allylic oxidation sites excluding steroid dienone is 1. The molecule has 7 nitrogen and oxygen atoms in total. The van der Waals surface area contributed by atoms with Crippen molar-refractivity contribution in [1.82, 2.24) is 4.57 Å². The Morgan fingerprint density at radius 1 is 1.16 bits per heavy atom. The molecular formula is C33H30BrClN2O5S2. The van der Waals surface area contributed by atoms with Crippen LogP contribution < -0.4 is 24.4 Å². The zero-order valence-electron chi connectivity index (χ0n) is 24.7. The van der Waals surface area contributed by atoms with Gasteiger partial charge >= 0.3 is 5.97 Å². The van der Waals surface area contributed by atoms with Gasteiger partial charge in [0.1, 0.15) is 6.61 Å². The van der Waals surface area contributed by atoms with Crippen LogP contribution in [-0.4, -0.2) is 30.0 Å². The van der Waals surface area contributed by atoms with Crippen molar-refractivity contribution < 1.29 is 19.0 Å². The van der Waals surface area contributed by atoms with Gasteiger partial charge in [0, 0.05) is 9.92 Å². The first-order valence-corrected chi connectivity index (χ1v) is 16.9. The Kier molecular flexibility index (Phi) is 10.0. The van der Waals surface area contributed by atoms with Gasteiger partial charge < -0.3 is 14.2 Å². The predicted molar refractivity (Wildman–Crippen MR) is 180 cm³/mol. The number of rotatable bonds is 9. The molecule has 0 amide bonds. The normalized spacial score (nSPS) is 14.8. The maximum atomic E-state index is 14.0. The molecule has 0 bridgehead atoms. The largest absolute Gasteiger partial charge is 0.493 e. The van der Waals surface area contributed by atoms with Crippen molar-refractivity contribution in [3.05, 3.63) is 118 Å². The number of ether oxygens (including phenoxy) is 3. The monoisotopic (exact) mass is 712 g/mol. The summed E-state index contributed by atoms with van der Waals surface area (Å²) in [7, 11) is 1.57. The van der Waals surface area contributed by atoms with E-state index in [4.69, 9.17) is 25.8 Å². The lowest BCUT2D eigenvalue weighted by molar-refractivity contribution is -0.143. The highest BCUT2D eigenvalue weighted by Gasteiger charge is 2.33. The molecule has 3 aromatic carbocycles. The number of halogens is 2. The van der Waals surface area contributed by atoms with Gasteiger partial charge in [-0.25, -0.2) is 9.79 Å². The van der Waals surface area contributed by atoms with E-state index < -0.39 is 12.0 Å². The number of thiazole rings is 1. The number of fused-ring (bicyclic) bond motifs is 1. The van der Waals surface area contributed by atoms with E-state index in [2.05, 4.69) is 20.9 Å². The first-order chi connectivity index (χ1) is 21.1. The number of carbonyl (C=O) groups is 1. The van der Waals surface area contributed by atoms with E-state index in [1.54, 1.807) is 50.3 Å². The van der Waals surface area contributed by atoms with Gasteiger partial charge in [-0.2, -0.15) is 0 Å². The molecule has 0 aliphatic carbocycles. The zero-order chi connectivity index (χ0) is 31.5. The topological polar surface area (TPSA) is 79.1 Å². The first kappa shape index (κ1) is 32.1. The lowest BCUT2D eigenvalue weighted by Crippen LogP contribution is -2.40. The number of hydrogen-bond donors (Lipinski definition) is 0. The molecule has 0 fully saturated rings. The molecule has 1 aromatic heterocycles. The molecule has 5 rings (SSSR count). The lowest BCUT2D eigenvalue weighted by atomic mass is 9.96. The average molecular weight is 714 g/mol. The van der Waals surface area contributed by atoms with Gasteiger partial charge in [-0.3, -0.25) is 9.36 Å². The van der Waals surface area contributed by atoms with E-state index in [-0.39, 0.29) is 11.7 Å². The highest BCUT2D eigenvalue weighted by molar-refractivity contribution is 9.10. The summed E-state index contributed by atoms with van der Waals surface area (Å²) in [6, 6.07) is 18.3. The fraction of sp³-hybridized carbons (Fsp3) is 0.242. The Bertz CT molecular complexity index is 1920. The summed E-state index contributed by atoms with van der Waals surface area (Å²) in [6.07, 6.45) is 3.47. The van der Waals surface area contributed by atoms with Crippen molar-refractivity contribution in [2.75, 3.05) is 13.4 Å². The number of hydrogen-bond acceptors (Lipinski definition) is 8. The predicted octanol–water partition coefficient (Wildman–Crippen LogP) is 6.91. The van der Waals surface area contributed by atoms with E-state index in [9.17, 15) is 9.59 Å². The van der Waals surface area contributed by atoms with Crippen molar-refractivity contribution in [2.24, 2.45) is 4.99 Å². The Morgan fingerprint density at radius 3 is 2.50 bits per heavy atom. The maximum absolute atomic E-state index is 14.0. The summed E-state index contributed by atoms with van der Waals surface area (Å²) in [6.45, 7) is 5.70. The quantitative estimate of drug-likeness (QED) is 0.139. The van der Waals surface area contributed by atoms with Crippen molar-refractivity contribution >= 4 is 62.7 Å². The van der Waals surface area contributed by atoms with Gasteiger partial charge in [0.15, 0.2) is 16.3 Å². The SMILES string of the molecule is COc1cc(/C=c2\sc3n(c2=O)[C@H](c2ccc(SC)cc2)C(C(=O)OC(C)C)=C(C)N=3)cc(Br)c1OCc1ccc(Cl)cc1. The molecule has 228 valence electrons. The fourth-order valence-corrected chi connectivity index (χ4v) is 6.97. The molecule has 0 saturated heterocycles. The van der Waals surface area contributed by atoms with Gasteiger partial charge in [-0.15, -0.1) is 11.8 Å². The molecule has 1 aliphatic heterocycles. The minimum Gasteiger partial charge on any atom is -0.493 e. The number of esters is 1. The van der Waals surface area contributed by atoms with Crippen LogP contribution in [0.15, 0.2) is 91.1 Å². The lowest BCUT2D eigenvalue weighted by Gasteiger charge is -2.25. The third-order valence-electron chi connectivity index (χ3n) is 6.86. The van der Waals surface area contributed by atoms with E-state index in [0.29, 0.717) is 48.2 Å². The van der Waals surface area contributed by atoms with Gasteiger partial charge in [0.05, 0.1) is 39.5 Å². The second-order valence-corrected chi connectivity index (χ2v) is 13.4. The third-order valence-corrected chi connectivity index (χ3v) is 9.43. The van der Waals surface area contributed by atoms with Gasteiger partial charge in [-0.05, 0) is 102 Å². The Hall–Kier alpha value is -3.31. The van der Waals surface area contributed by atoms with E-state index in [0.717, 1.165) is 21.6 Å².